The molecule has 0 radical (unpaired) electrons. The number of carbonyl (C=O) groups is 1. The van der Waals surface area contributed by atoms with Gasteiger partial charge < -0.3 is 19.7 Å². The van der Waals surface area contributed by atoms with Crippen LogP contribution in [0.3, 0.4) is 0 Å². The van der Waals surface area contributed by atoms with E-state index in [2.05, 4.69) is 4.98 Å². The van der Waals surface area contributed by atoms with Gasteiger partial charge in [-0.05, 0) is 43.9 Å². The number of benzene rings is 2. The number of aromatic nitrogens is 2. The number of amides is 1. The van der Waals surface area contributed by atoms with E-state index in [1.54, 1.807) is 20.2 Å². The standard InChI is InChI=1S/C22H27N3O3/c1-13-8-6-7-9-15(13)19(26)11-10-16-17(22(28)24(3)4)12-18-20(21(16)27)23-14(2)25(18)5/h6-9,12,19,26-27H,10-11H2,1-5H3/t19-/m0/s1. The third kappa shape index (κ3) is 3.47. The average molecular weight is 381 g/mol. The van der Waals surface area contributed by atoms with Crippen LogP contribution in [-0.4, -0.2) is 44.7 Å². The molecule has 0 fully saturated rings. The fourth-order valence-corrected chi connectivity index (χ4v) is 3.54. The molecule has 148 valence electrons. The van der Waals surface area contributed by atoms with Crippen LogP contribution < -0.4 is 0 Å². The topological polar surface area (TPSA) is 78.6 Å². The van der Waals surface area contributed by atoms with E-state index in [1.165, 1.54) is 4.90 Å². The van der Waals surface area contributed by atoms with Crippen LogP contribution >= 0.6 is 0 Å². The molecule has 3 aromatic rings. The molecule has 1 atom stereocenters. The largest absolute Gasteiger partial charge is 0.505 e. The van der Waals surface area contributed by atoms with E-state index >= 15 is 0 Å². The lowest BCUT2D eigenvalue weighted by atomic mass is 9.94. The zero-order chi connectivity index (χ0) is 20.6. The number of phenols is 1. The molecule has 1 amide bonds. The predicted molar refractivity (Wildman–Crippen MR) is 110 cm³/mol. The number of fused-ring (bicyclic) bond motifs is 1. The Kier molecular flexibility index (Phi) is 5.42. The van der Waals surface area contributed by atoms with Crippen LogP contribution in [0.4, 0.5) is 0 Å². The maximum atomic E-state index is 12.8. The minimum Gasteiger partial charge on any atom is -0.505 e. The molecule has 3 rings (SSSR count). The number of hydrogen-bond donors (Lipinski definition) is 2. The van der Waals surface area contributed by atoms with Crippen molar-refractivity contribution in [2.24, 2.45) is 7.05 Å². The van der Waals surface area contributed by atoms with E-state index in [-0.39, 0.29) is 11.7 Å². The molecule has 0 saturated heterocycles. The molecule has 2 aromatic carbocycles. The number of rotatable bonds is 5. The third-order valence-electron chi connectivity index (χ3n) is 5.33. The summed E-state index contributed by atoms with van der Waals surface area (Å²) in [5.41, 5.74) is 4.03. The maximum Gasteiger partial charge on any atom is 0.253 e. The van der Waals surface area contributed by atoms with Gasteiger partial charge in [-0.1, -0.05) is 24.3 Å². The monoisotopic (exact) mass is 381 g/mol. The van der Waals surface area contributed by atoms with Crippen molar-refractivity contribution in [2.45, 2.75) is 32.8 Å². The van der Waals surface area contributed by atoms with Gasteiger partial charge in [-0.25, -0.2) is 4.98 Å². The molecule has 1 heterocycles. The number of phenolic OH excluding ortho intramolecular Hbond substituents is 1. The van der Waals surface area contributed by atoms with Crippen molar-refractivity contribution in [2.75, 3.05) is 14.1 Å². The Balaban J connectivity index is 2.03. The molecule has 6 heteroatoms. The first-order valence-electron chi connectivity index (χ1n) is 9.35. The van der Waals surface area contributed by atoms with Gasteiger partial charge in [0.1, 0.15) is 17.1 Å². The van der Waals surface area contributed by atoms with Gasteiger partial charge in [0.2, 0.25) is 0 Å². The molecule has 0 aliphatic carbocycles. The first-order chi connectivity index (χ1) is 13.2. The summed E-state index contributed by atoms with van der Waals surface area (Å²) in [6.45, 7) is 3.81. The Morgan fingerprint density at radius 1 is 1.25 bits per heavy atom. The number of aliphatic hydroxyl groups excluding tert-OH is 1. The number of hydrogen-bond acceptors (Lipinski definition) is 4. The Labute approximate surface area is 165 Å². The highest BCUT2D eigenvalue weighted by molar-refractivity contribution is 6.01. The van der Waals surface area contributed by atoms with Crippen molar-refractivity contribution in [3.63, 3.8) is 0 Å². The van der Waals surface area contributed by atoms with Gasteiger partial charge in [-0.3, -0.25) is 4.79 Å². The lowest BCUT2D eigenvalue weighted by Gasteiger charge is -2.18. The van der Waals surface area contributed by atoms with E-state index in [0.717, 1.165) is 17.0 Å². The molecule has 28 heavy (non-hydrogen) atoms. The highest BCUT2D eigenvalue weighted by atomic mass is 16.3. The van der Waals surface area contributed by atoms with Crippen LogP contribution in [0.25, 0.3) is 11.0 Å². The fraction of sp³-hybridized carbons (Fsp3) is 0.364. The third-order valence-corrected chi connectivity index (χ3v) is 5.33. The van der Waals surface area contributed by atoms with E-state index in [0.29, 0.717) is 35.0 Å². The first-order valence-corrected chi connectivity index (χ1v) is 9.35. The number of carbonyl (C=O) groups excluding carboxylic acids is 1. The number of aliphatic hydroxyl groups is 1. The van der Waals surface area contributed by atoms with Gasteiger partial charge in [0, 0.05) is 32.3 Å². The maximum absolute atomic E-state index is 12.8. The smallest absolute Gasteiger partial charge is 0.253 e. The summed E-state index contributed by atoms with van der Waals surface area (Å²) in [6, 6.07) is 9.47. The highest BCUT2D eigenvalue weighted by Gasteiger charge is 2.23. The Morgan fingerprint density at radius 2 is 1.93 bits per heavy atom. The van der Waals surface area contributed by atoms with Crippen molar-refractivity contribution in [1.29, 1.82) is 0 Å². The van der Waals surface area contributed by atoms with E-state index in [9.17, 15) is 15.0 Å². The molecule has 0 saturated carbocycles. The summed E-state index contributed by atoms with van der Waals surface area (Å²) in [5, 5.41) is 21.6. The SMILES string of the molecule is Cc1ccccc1[C@@H](O)CCc1c(C(=O)N(C)C)cc2c(nc(C)n2C)c1O. The van der Waals surface area contributed by atoms with Gasteiger partial charge in [-0.2, -0.15) is 0 Å². The lowest BCUT2D eigenvalue weighted by molar-refractivity contribution is 0.0825. The second kappa shape index (κ2) is 7.64. The van der Waals surface area contributed by atoms with Gasteiger partial charge in [0.15, 0.2) is 0 Å². The quantitative estimate of drug-likeness (QED) is 0.711. The Morgan fingerprint density at radius 3 is 2.57 bits per heavy atom. The van der Waals surface area contributed by atoms with E-state index < -0.39 is 6.10 Å². The average Bonchev–Trinajstić information content (AvgIpc) is 2.95. The number of aryl methyl sites for hydroxylation is 3. The molecule has 0 bridgehead atoms. The Bertz CT molecular complexity index is 1040. The fourth-order valence-electron chi connectivity index (χ4n) is 3.54. The molecule has 0 aliphatic rings. The first kappa shape index (κ1) is 19.9. The van der Waals surface area contributed by atoms with Crippen LogP contribution in [0, 0.1) is 13.8 Å². The van der Waals surface area contributed by atoms with Crippen LogP contribution in [0.1, 0.15) is 45.4 Å². The summed E-state index contributed by atoms with van der Waals surface area (Å²) in [6.07, 6.45) is 0.0784. The summed E-state index contributed by atoms with van der Waals surface area (Å²) in [5.74, 6) is 0.588. The molecule has 0 aliphatic heterocycles. The lowest BCUT2D eigenvalue weighted by Crippen LogP contribution is -2.23. The highest BCUT2D eigenvalue weighted by Crippen LogP contribution is 2.34. The second-order valence-electron chi connectivity index (χ2n) is 7.45. The Hall–Kier alpha value is -2.86. The molecule has 0 spiro atoms. The minimum absolute atomic E-state index is 0.0170. The van der Waals surface area contributed by atoms with Crippen molar-refractivity contribution in [1.82, 2.24) is 14.5 Å². The summed E-state index contributed by atoms with van der Waals surface area (Å²) < 4.78 is 1.85. The normalized spacial score (nSPS) is 12.4. The second-order valence-corrected chi connectivity index (χ2v) is 7.45. The van der Waals surface area contributed by atoms with Crippen molar-refractivity contribution >= 4 is 16.9 Å². The van der Waals surface area contributed by atoms with Crippen LogP contribution in [0.5, 0.6) is 5.75 Å². The van der Waals surface area contributed by atoms with Crippen LogP contribution in [0.2, 0.25) is 0 Å². The van der Waals surface area contributed by atoms with Crippen LogP contribution in [-0.2, 0) is 13.5 Å². The zero-order valence-corrected chi connectivity index (χ0v) is 17.0. The predicted octanol–water partition coefficient (Wildman–Crippen LogP) is 3.26. The van der Waals surface area contributed by atoms with Gasteiger partial charge in [-0.15, -0.1) is 0 Å². The molecule has 1 aromatic heterocycles. The van der Waals surface area contributed by atoms with E-state index in [1.807, 2.05) is 49.7 Å². The van der Waals surface area contributed by atoms with Crippen molar-refractivity contribution in [3.8, 4) is 5.75 Å². The van der Waals surface area contributed by atoms with Crippen molar-refractivity contribution < 1.29 is 15.0 Å². The van der Waals surface area contributed by atoms with Crippen LogP contribution in [0.15, 0.2) is 30.3 Å². The summed E-state index contributed by atoms with van der Waals surface area (Å²) in [4.78, 5) is 18.7. The zero-order valence-electron chi connectivity index (χ0n) is 17.0. The molecule has 6 nitrogen and oxygen atoms in total. The number of nitrogens with zero attached hydrogens (tertiary/aromatic N) is 3. The minimum atomic E-state index is -0.677. The van der Waals surface area contributed by atoms with Crippen molar-refractivity contribution in [3.05, 3.63) is 58.4 Å². The van der Waals surface area contributed by atoms with Gasteiger partial charge >= 0.3 is 0 Å². The van der Waals surface area contributed by atoms with Gasteiger partial charge in [0.25, 0.3) is 5.91 Å². The summed E-state index contributed by atoms with van der Waals surface area (Å²) >= 11 is 0. The van der Waals surface area contributed by atoms with Gasteiger partial charge in [0.05, 0.1) is 11.6 Å². The molecule has 2 N–H and O–H groups in total. The number of imidazole rings is 1. The van der Waals surface area contributed by atoms with E-state index in [4.69, 9.17) is 0 Å². The molecular weight excluding hydrogens is 354 g/mol. The molecular formula is C22H27N3O3. The number of aromatic hydroxyl groups is 1. The molecule has 0 unspecified atom stereocenters. The summed E-state index contributed by atoms with van der Waals surface area (Å²) in [7, 11) is 5.23.